The van der Waals surface area contributed by atoms with E-state index in [2.05, 4.69) is 5.32 Å². The monoisotopic (exact) mass is 257 g/mol. The van der Waals surface area contributed by atoms with Gasteiger partial charge in [0, 0.05) is 13.7 Å². The van der Waals surface area contributed by atoms with Crippen molar-refractivity contribution in [1.29, 1.82) is 0 Å². The van der Waals surface area contributed by atoms with Crippen molar-refractivity contribution in [3.8, 4) is 0 Å². The second kappa shape index (κ2) is 5.69. The summed E-state index contributed by atoms with van der Waals surface area (Å²) in [4.78, 5) is 23.2. The van der Waals surface area contributed by atoms with Gasteiger partial charge in [-0.3, -0.25) is 9.59 Å². The highest BCUT2D eigenvalue weighted by molar-refractivity contribution is 5.85. The van der Waals surface area contributed by atoms with Gasteiger partial charge in [0.05, 0.1) is 17.4 Å². The molecule has 1 amide bonds. The average molecular weight is 257 g/mol. The minimum absolute atomic E-state index is 0.170. The molecule has 5 heteroatoms. The lowest BCUT2D eigenvalue weighted by Gasteiger charge is -2.24. The van der Waals surface area contributed by atoms with Gasteiger partial charge in [-0.2, -0.15) is 0 Å². The van der Waals surface area contributed by atoms with Gasteiger partial charge >= 0.3 is 5.97 Å². The van der Waals surface area contributed by atoms with Crippen LogP contribution in [-0.2, 0) is 14.3 Å². The molecule has 0 spiro atoms. The summed E-state index contributed by atoms with van der Waals surface area (Å²) in [6.45, 7) is 6.13. The molecule has 1 rings (SSSR count). The standard InChI is InChI=1S/C13H23NO4/c1-8-5-9(10(6-8)12(16)17)11(15)14-7-13(2,3)18-4/h8-10H,5-7H2,1-4H3,(H,14,15)(H,16,17)/t8?,9-,10+/m0/s1. The lowest BCUT2D eigenvalue weighted by Crippen LogP contribution is -2.43. The zero-order valence-corrected chi connectivity index (χ0v) is 11.5. The summed E-state index contributed by atoms with van der Waals surface area (Å²) in [5, 5.41) is 11.9. The summed E-state index contributed by atoms with van der Waals surface area (Å²) in [5.74, 6) is -1.71. The second-order valence-electron chi connectivity index (χ2n) is 5.81. The average Bonchev–Trinajstić information content (AvgIpc) is 2.68. The van der Waals surface area contributed by atoms with E-state index >= 15 is 0 Å². The number of rotatable bonds is 5. The lowest BCUT2D eigenvalue weighted by molar-refractivity contribution is -0.146. The molecule has 0 bridgehead atoms. The zero-order valence-electron chi connectivity index (χ0n) is 11.5. The third-order valence-corrected chi connectivity index (χ3v) is 3.69. The third kappa shape index (κ3) is 3.70. The molecule has 0 heterocycles. The Bertz CT molecular complexity index is 327. The Labute approximate surface area is 108 Å². The molecule has 5 nitrogen and oxygen atoms in total. The number of carboxylic acid groups (broad SMARTS) is 1. The van der Waals surface area contributed by atoms with Gasteiger partial charge in [0.1, 0.15) is 0 Å². The van der Waals surface area contributed by atoms with Crippen molar-refractivity contribution in [1.82, 2.24) is 5.32 Å². The molecule has 1 unspecified atom stereocenters. The van der Waals surface area contributed by atoms with Gasteiger partial charge < -0.3 is 15.2 Å². The van der Waals surface area contributed by atoms with E-state index in [0.717, 1.165) is 0 Å². The molecule has 1 aliphatic carbocycles. The van der Waals surface area contributed by atoms with Crippen molar-refractivity contribution in [3.05, 3.63) is 0 Å². The van der Waals surface area contributed by atoms with Crippen LogP contribution in [0.15, 0.2) is 0 Å². The van der Waals surface area contributed by atoms with Crippen LogP contribution >= 0.6 is 0 Å². The first kappa shape index (κ1) is 15.0. The molecule has 0 aromatic heterocycles. The van der Waals surface area contributed by atoms with E-state index < -0.39 is 23.4 Å². The smallest absolute Gasteiger partial charge is 0.307 e. The molecular weight excluding hydrogens is 234 g/mol. The summed E-state index contributed by atoms with van der Waals surface area (Å²) >= 11 is 0. The predicted molar refractivity (Wildman–Crippen MR) is 67.1 cm³/mol. The zero-order chi connectivity index (χ0) is 13.9. The number of ether oxygens (including phenoxy) is 1. The van der Waals surface area contributed by atoms with Crippen molar-refractivity contribution in [2.75, 3.05) is 13.7 Å². The van der Waals surface area contributed by atoms with Crippen LogP contribution in [-0.4, -0.2) is 36.2 Å². The van der Waals surface area contributed by atoms with Crippen LogP contribution in [0.3, 0.4) is 0 Å². The van der Waals surface area contributed by atoms with E-state index in [1.165, 1.54) is 0 Å². The number of carboxylic acids is 1. The van der Waals surface area contributed by atoms with E-state index in [4.69, 9.17) is 9.84 Å². The first-order valence-corrected chi connectivity index (χ1v) is 6.32. The van der Waals surface area contributed by atoms with Crippen LogP contribution in [0.1, 0.15) is 33.6 Å². The first-order valence-electron chi connectivity index (χ1n) is 6.32. The quantitative estimate of drug-likeness (QED) is 0.778. The molecule has 0 aliphatic heterocycles. The van der Waals surface area contributed by atoms with Gasteiger partial charge in [-0.15, -0.1) is 0 Å². The molecule has 0 saturated heterocycles. The minimum atomic E-state index is -0.870. The van der Waals surface area contributed by atoms with E-state index in [1.54, 1.807) is 7.11 Å². The molecule has 104 valence electrons. The Morgan fingerprint density at radius 2 is 1.89 bits per heavy atom. The molecule has 1 fully saturated rings. The highest BCUT2D eigenvalue weighted by Crippen LogP contribution is 2.36. The van der Waals surface area contributed by atoms with Gasteiger partial charge in [-0.05, 0) is 32.6 Å². The second-order valence-corrected chi connectivity index (χ2v) is 5.81. The van der Waals surface area contributed by atoms with Crippen LogP contribution < -0.4 is 5.32 Å². The van der Waals surface area contributed by atoms with Crippen molar-refractivity contribution < 1.29 is 19.4 Å². The number of nitrogens with one attached hydrogen (secondary N) is 1. The molecule has 1 aliphatic rings. The molecule has 3 atom stereocenters. The van der Waals surface area contributed by atoms with Crippen molar-refractivity contribution >= 4 is 11.9 Å². The SMILES string of the molecule is COC(C)(C)CNC(=O)[C@H]1CC(C)C[C@H]1C(=O)O. The Morgan fingerprint density at radius 1 is 1.33 bits per heavy atom. The number of methoxy groups -OCH3 is 1. The highest BCUT2D eigenvalue weighted by atomic mass is 16.5. The maximum absolute atomic E-state index is 12.0. The number of amides is 1. The van der Waals surface area contributed by atoms with Crippen LogP contribution in [0.4, 0.5) is 0 Å². The topological polar surface area (TPSA) is 75.6 Å². The van der Waals surface area contributed by atoms with Crippen LogP contribution in [0, 0.1) is 17.8 Å². The lowest BCUT2D eigenvalue weighted by atomic mass is 9.95. The fourth-order valence-electron chi connectivity index (χ4n) is 2.36. The van der Waals surface area contributed by atoms with E-state index in [9.17, 15) is 9.59 Å². The third-order valence-electron chi connectivity index (χ3n) is 3.69. The maximum atomic E-state index is 12.0. The Balaban J connectivity index is 2.58. The fraction of sp³-hybridized carbons (Fsp3) is 0.846. The van der Waals surface area contributed by atoms with Gasteiger partial charge in [0.2, 0.25) is 5.91 Å². The van der Waals surface area contributed by atoms with Gasteiger partial charge in [0.15, 0.2) is 0 Å². The van der Waals surface area contributed by atoms with Crippen LogP contribution in [0.5, 0.6) is 0 Å². The molecule has 0 aromatic rings. The summed E-state index contributed by atoms with van der Waals surface area (Å²) in [6.07, 6.45) is 1.23. The summed E-state index contributed by atoms with van der Waals surface area (Å²) in [7, 11) is 1.59. The predicted octanol–water partition coefficient (Wildman–Crippen LogP) is 1.27. The van der Waals surface area contributed by atoms with Gasteiger partial charge in [0.25, 0.3) is 0 Å². The first-order chi connectivity index (χ1) is 8.26. The van der Waals surface area contributed by atoms with Gasteiger partial charge in [-0.1, -0.05) is 6.92 Å². The normalized spacial score (nSPS) is 28.1. The van der Waals surface area contributed by atoms with Crippen molar-refractivity contribution in [2.24, 2.45) is 17.8 Å². The minimum Gasteiger partial charge on any atom is -0.481 e. The van der Waals surface area contributed by atoms with Crippen molar-refractivity contribution in [2.45, 2.75) is 39.2 Å². The fourth-order valence-corrected chi connectivity index (χ4v) is 2.36. The molecule has 0 aromatic carbocycles. The maximum Gasteiger partial charge on any atom is 0.307 e. The van der Waals surface area contributed by atoms with E-state index in [-0.39, 0.29) is 11.8 Å². The number of hydrogen-bond donors (Lipinski definition) is 2. The number of aliphatic carboxylic acids is 1. The Morgan fingerprint density at radius 3 is 2.39 bits per heavy atom. The summed E-state index contributed by atoms with van der Waals surface area (Å²) < 4.78 is 5.22. The largest absolute Gasteiger partial charge is 0.481 e. The number of hydrogen-bond acceptors (Lipinski definition) is 3. The van der Waals surface area contributed by atoms with Crippen LogP contribution in [0.25, 0.3) is 0 Å². The Hall–Kier alpha value is -1.10. The molecule has 18 heavy (non-hydrogen) atoms. The molecule has 2 N–H and O–H groups in total. The number of carbonyl (C=O) groups is 2. The molecule has 0 radical (unpaired) electrons. The number of carbonyl (C=O) groups excluding carboxylic acids is 1. The van der Waals surface area contributed by atoms with Crippen molar-refractivity contribution in [3.63, 3.8) is 0 Å². The Kier molecular flexibility index (Phi) is 4.73. The summed E-state index contributed by atoms with van der Waals surface area (Å²) in [5.41, 5.74) is -0.432. The highest BCUT2D eigenvalue weighted by Gasteiger charge is 2.41. The summed E-state index contributed by atoms with van der Waals surface area (Å²) in [6, 6.07) is 0. The molecule has 1 saturated carbocycles. The van der Waals surface area contributed by atoms with E-state index in [1.807, 2.05) is 20.8 Å². The molecular formula is C13H23NO4. The van der Waals surface area contributed by atoms with Crippen LogP contribution in [0.2, 0.25) is 0 Å². The van der Waals surface area contributed by atoms with E-state index in [0.29, 0.717) is 19.4 Å². The van der Waals surface area contributed by atoms with Gasteiger partial charge in [-0.25, -0.2) is 0 Å².